The molecule has 2 atom stereocenters. The zero-order chi connectivity index (χ0) is 17.1. The maximum absolute atomic E-state index is 12.6. The van der Waals surface area contributed by atoms with Crippen molar-refractivity contribution < 1.29 is 9.53 Å². The van der Waals surface area contributed by atoms with Gasteiger partial charge in [0, 0.05) is 23.7 Å². The summed E-state index contributed by atoms with van der Waals surface area (Å²) >= 11 is 0. The number of nitrogens with one attached hydrogen (secondary N) is 3. The molecule has 0 spiro atoms. The first-order chi connectivity index (χ1) is 12.3. The molecule has 1 amide bonds. The number of carbonyl (C=O) groups excluding carboxylic acids is 1. The molecule has 1 aliphatic heterocycles. The topological polar surface area (TPSA) is 91.9 Å². The maximum atomic E-state index is 12.6. The van der Waals surface area contributed by atoms with Crippen molar-refractivity contribution in [3.8, 4) is 0 Å². The van der Waals surface area contributed by atoms with Crippen LogP contribution in [-0.4, -0.2) is 46.2 Å². The minimum atomic E-state index is -0.113. The molecule has 128 valence electrons. The maximum Gasteiger partial charge on any atom is 0.268 e. The molecule has 0 unspecified atom stereocenters. The van der Waals surface area contributed by atoms with Crippen LogP contribution in [0.4, 0.5) is 5.82 Å². The van der Waals surface area contributed by atoms with Crippen molar-refractivity contribution in [1.82, 2.24) is 20.3 Å². The SMILES string of the molecule is O=C(N[C@H]1CCOC[C@H]1Nc1ccncn1)c1cc2ccccc2[nH]1. The van der Waals surface area contributed by atoms with Crippen molar-refractivity contribution in [2.24, 2.45) is 0 Å². The molecular weight excluding hydrogens is 318 g/mol. The Hall–Kier alpha value is -2.93. The number of aromatic amines is 1. The van der Waals surface area contributed by atoms with Gasteiger partial charge < -0.3 is 20.4 Å². The molecular formula is C18H19N5O2. The van der Waals surface area contributed by atoms with Crippen LogP contribution in [0.1, 0.15) is 16.9 Å². The largest absolute Gasteiger partial charge is 0.379 e. The number of hydrogen-bond donors (Lipinski definition) is 3. The molecule has 4 rings (SSSR count). The van der Waals surface area contributed by atoms with Gasteiger partial charge in [0.15, 0.2) is 0 Å². The Morgan fingerprint density at radius 1 is 1.24 bits per heavy atom. The Balaban J connectivity index is 1.48. The Bertz CT molecular complexity index is 831. The number of aromatic nitrogens is 3. The lowest BCUT2D eigenvalue weighted by Gasteiger charge is -2.32. The lowest BCUT2D eigenvalue weighted by molar-refractivity contribution is 0.0618. The number of para-hydroxylation sites is 1. The van der Waals surface area contributed by atoms with Gasteiger partial charge in [0.1, 0.15) is 17.8 Å². The summed E-state index contributed by atoms with van der Waals surface area (Å²) in [4.78, 5) is 23.9. The summed E-state index contributed by atoms with van der Waals surface area (Å²) in [5, 5.41) is 7.45. The van der Waals surface area contributed by atoms with Gasteiger partial charge in [-0.15, -0.1) is 0 Å². The van der Waals surface area contributed by atoms with Gasteiger partial charge in [0.25, 0.3) is 5.91 Å². The van der Waals surface area contributed by atoms with E-state index in [1.54, 1.807) is 12.3 Å². The summed E-state index contributed by atoms with van der Waals surface area (Å²) in [6.07, 6.45) is 3.91. The average Bonchev–Trinajstić information content (AvgIpc) is 3.09. The van der Waals surface area contributed by atoms with E-state index in [-0.39, 0.29) is 18.0 Å². The molecule has 7 nitrogen and oxygen atoms in total. The first-order valence-electron chi connectivity index (χ1n) is 8.28. The fraction of sp³-hybridized carbons (Fsp3) is 0.278. The van der Waals surface area contributed by atoms with E-state index in [4.69, 9.17) is 4.74 Å². The highest BCUT2D eigenvalue weighted by atomic mass is 16.5. The van der Waals surface area contributed by atoms with Gasteiger partial charge in [0.05, 0.1) is 18.7 Å². The van der Waals surface area contributed by atoms with Gasteiger partial charge in [-0.1, -0.05) is 18.2 Å². The van der Waals surface area contributed by atoms with Crippen molar-refractivity contribution in [1.29, 1.82) is 0 Å². The number of H-pyrrole nitrogens is 1. The number of anilines is 1. The highest BCUT2D eigenvalue weighted by molar-refractivity contribution is 5.98. The van der Waals surface area contributed by atoms with Crippen LogP contribution in [0.25, 0.3) is 10.9 Å². The molecule has 3 heterocycles. The second kappa shape index (κ2) is 6.90. The molecule has 1 aliphatic rings. The molecule has 1 fully saturated rings. The van der Waals surface area contributed by atoms with Crippen LogP contribution in [0.3, 0.4) is 0 Å². The molecule has 2 aromatic heterocycles. The summed E-state index contributed by atoms with van der Waals surface area (Å²) < 4.78 is 5.55. The molecule has 1 aromatic carbocycles. The van der Waals surface area contributed by atoms with E-state index in [9.17, 15) is 4.79 Å². The zero-order valence-electron chi connectivity index (χ0n) is 13.6. The molecule has 3 N–H and O–H groups in total. The molecule has 0 aliphatic carbocycles. The number of rotatable bonds is 4. The lowest BCUT2D eigenvalue weighted by atomic mass is 10.0. The number of ether oxygens (including phenoxy) is 1. The summed E-state index contributed by atoms with van der Waals surface area (Å²) in [6.45, 7) is 1.14. The van der Waals surface area contributed by atoms with Crippen LogP contribution in [-0.2, 0) is 4.74 Å². The third kappa shape index (κ3) is 3.46. The summed E-state index contributed by atoms with van der Waals surface area (Å²) in [7, 11) is 0. The number of hydrogen-bond acceptors (Lipinski definition) is 5. The van der Waals surface area contributed by atoms with E-state index >= 15 is 0 Å². The van der Waals surface area contributed by atoms with Crippen molar-refractivity contribution >= 4 is 22.6 Å². The fourth-order valence-corrected chi connectivity index (χ4v) is 3.06. The minimum absolute atomic E-state index is 0.0392. The van der Waals surface area contributed by atoms with Gasteiger partial charge in [-0.25, -0.2) is 9.97 Å². The van der Waals surface area contributed by atoms with Gasteiger partial charge in [-0.05, 0) is 24.6 Å². The Kier molecular flexibility index (Phi) is 4.30. The van der Waals surface area contributed by atoms with E-state index < -0.39 is 0 Å². The first-order valence-corrected chi connectivity index (χ1v) is 8.28. The predicted molar refractivity (Wildman–Crippen MR) is 94.4 cm³/mol. The molecule has 3 aromatic rings. The molecule has 1 saturated heterocycles. The van der Waals surface area contributed by atoms with E-state index in [1.165, 1.54) is 6.33 Å². The van der Waals surface area contributed by atoms with E-state index in [2.05, 4.69) is 25.6 Å². The highest BCUT2D eigenvalue weighted by Crippen LogP contribution is 2.17. The van der Waals surface area contributed by atoms with Crippen LogP contribution >= 0.6 is 0 Å². The van der Waals surface area contributed by atoms with E-state index in [0.717, 1.165) is 23.1 Å². The lowest BCUT2D eigenvalue weighted by Crippen LogP contribution is -2.52. The van der Waals surface area contributed by atoms with E-state index in [1.807, 2.05) is 30.3 Å². The second-order valence-corrected chi connectivity index (χ2v) is 6.06. The summed E-state index contributed by atoms with van der Waals surface area (Å²) in [5.74, 6) is 0.605. The van der Waals surface area contributed by atoms with Crippen molar-refractivity contribution in [3.63, 3.8) is 0 Å². The van der Waals surface area contributed by atoms with Crippen LogP contribution < -0.4 is 10.6 Å². The second-order valence-electron chi connectivity index (χ2n) is 6.06. The number of amides is 1. The zero-order valence-corrected chi connectivity index (χ0v) is 13.6. The predicted octanol–water partition coefficient (Wildman–Crippen LogP) is 1.96. The van der Waals surface area contributed by atoms with Gasteiger partial charge in [-0.3, -0.25) is 4.79 Å². The smallest absolute Gasteiger partial charge is 0.268 e. The minimum Gasteiger partial charge on any atom is -0.379 e. The number of fused-ring (bicyclic) bond motifs is 1. The van der Waals surface area contributed by atoms with Gasteiger partial charge in [0.2, 0.25) is 0 Å². The van der Waals surface area contributed by atoms with Gasteiger partial charge in [-0.2, -0.15) is 0 Å². The highest BCUT2D eigenvalue weighted by Gasteiger charge is 2.28. The third-order valence-corrected chi connectivity index (χ3v) is 4.36. The number of benzene rings is 1. The first kappa shape index (κ1) is 15.6. The molecule has 0 radical (unpaired) electrons. The van der Waals surface area contributed by atoms with Crippen molar-refractivity contribution in [2.75, 3.05) is 18.5 Å². The van der Waals surface area contributed by atoms with E-state index in [0.29, 0.717) is 18.9 Å². The quantitative estimate of drug-likeness (QED) is 0.677. The van der Waals surface area contributed by atoms with Crippen LogP contribution in [0.15, 0.2) is 48.9 Å². The van der Waals surface area contributed by atoms with Crippen LogP contribution in [0, 0.1) is 0 Å². The Morgan fingerprint density at radius 2 is 2.16 bits per heavy atom. The standard InChI is InChI=1S/C18H19N5O2/c24-18(15-9-12-3-1-2-4-13(12)21-15)23-14-6-8-25-10-16(14)22-17-5-7-19-11-20-17/h1-5,7,9,11,14,16,21H,6,8,10H2,(H,23,24)(H,19,20,22)/t14-,16+/m0/s1. The molecule has 25 heavy (non-hydrogen) atoms. The summed E-state index contributed by atoms with van der Waals surface area (Å²) in [5.41, 5.74) is 1.52. The van der Waals surface area contributed by atoms with Crippen LogP contribution in [0.5, 0.6) is 0 Å². The van der Waals surface area contributed by atoms with Crippen LogP contribution in [0.2, 0.25) is 0 Å². The monoisotopic (exact) mass is 337 g/mol. The third-order valence-electron chi connectivity index (χ3n) is 4.36. The van der Waals surface area contributed by atoms with Gasteiger partial charge >= 0.3 is 0 Å². The Morgan fingerprint density at radius 3 is 3.00 bits per heavy atom. The average molecular weight is 337 g/mol. The number of carbonyl (C=O) groups is 1. The van der Waals surface area contributed by atoms with Crippen molar-refractivity contribution in [2.45, 2.75) is 18.5 Å². The molecule has 0 bridgehead atoms. The Labute approximate surface area is 144 Å². The van der Waals surface area contributed by atoms with Crippen molar-refractivity contribution in [3.05, 3.63) is 54.6 Å². The molecule has 7 heteroatoms. The fourth-order valence-electron chi connectivity index (χ4n) is 3.06. The summed E-state index contributed by atoms with van der Waals surface area (Å²) in [6, 6.07) is 11.4. The normalized spacial score (nSPS) is 20.3. The number of nitrogens with zero attached hydrogens (tertiary/aromatic N) is 2. The molecule has 0 saturated carbocycles.